The number of hydrazone groups is 1. The lowest BCUT2D eigenvalue weighted by Gasteiger charge is -2.19. The van der Waals surface area contributed by atoms with Crippen LogP contribution in [0.3, 0.4) is 0 Å². The van der Waals surface area contributed by atoms with E-state index < -0.39 is 17.9 Å². The third kappa shape index (κ3) is 9.94. The third-order valence-electron chi connectivity index (χ3n) is 4.49. The van der Waals surface area contributed by atoms with Gasteiger partial charge in [-0.25, -0.2) is 5.43 Å². The number of hydrogen-bond donors (Lipinski definition) is 2. The lowest BCUT2D eigenvalue weighted by atomic mass is 10.0. The van der Waals surface area contributed by atoms with Crippen molar-refractivity contribution in [2.24, 2.45) is 11.0 Å². The monoisotopic (exact) mass is 500 g/mol. The van der Waals surface area contributed by atoms with E-state index in [0.29, 0.717) is 40.9 Å². The second-order valence-electron chi connectivity index (χ2n) is 7.81. The molecule has 0 saturated heterocycles. The molecule has 0 aromatic heterocycles. The first-order valence-electron chi connectivity index (χ1n) is 11.1. The molecule has 0 aliphatic carbocycles. The Morgan fingerprint density at radius 1 is 1.11 bits per heavy atom. The van der Waals surface area contributed by atoms with Gasteiger partial charge in [-0.05, 0) is 67.3 Å². The van der Waals surface area contributed by atoms with Crippen molar-refractivity contribution in [1.29, 1.82) is 5.26 Å². The van der Waals surface area contributed by atoms with Crippen molar-refractivity contribution in [3.05, 3.63) is 53.1 Å². The van der Waals surface area contributed by atoms with Gasteiger partial charge in [-0.2, -0.15) is 10.4 Å². The molecule has 2 aromatic rings. The maximum absolute atomic E-state index is 12.7. The summed E-state index contributed by atoms with van der Waals surface area (Å²) in [4.78, 5) is 25.0. The molecule has 0 heterocycles. The van der Waals surface area contributed by atoms with Gasteiger partial charge in [0.2, 0.25) is 0 Å². The van der Waals surface area contributed by atoms with Crippen LogP contribution in [0.2, 0.25) is 5.02 Å². The summed E-state index contributed by atoms with van der Waals surface area (Å²) in [5.74, 6) is 0.669. The van der Waals surface area contributed by atoms with Crippen molar-refractivity contribution in [3.8, 4) is 23.3 Å². The van der Waals surface area contributed by atoms with Crippen LogP contribution < -0.4 is 25.0 Å². The van der Waals surface area contributed by atoms with Gasteiger partial charge in [0.15, 0.2) is 24.7 Å². The Balaban J connectivity index is 1.97. The van der Waals surface area contributed by atoms with Gasteiger partial charge in [-0.1, -0.05) is 25.4 Å². The summed E-state index contributed by atoms with van der Waals surface area (Å²) in [5.41, 5.74) is 3.12. The molecule has 1 atom stereocenters. The van der Waals surface area contributed by atoms with Crippen LogP contribution in [0.1, 0.15) is 32.8 Å². The molecule has 0 radical (unpaired) electrons. The fourth-order valence-corrected chi connectivity index (χ4v) is 3.10. The minimum atomic E-state index is -0.783. The summed E-state index contributed by atoms with van der Waals surface area (Å²) < 4.78 is 16.3. The highest BCUT2D eigenvalue weighted by molar-refractivity contribution is 6.30. The first kappa shape index (κ1) is 27.5. The molecule has 0 spiro atoms. The molecule has 0 aliphatic heterocycles. The first-order chi connectivity index (χ1) is 16.8. The third-order valence-corrected chi connectivity index (χ3v) is 4.74. The molecular formula is C25H29ClN4O5. The first-order valence-corrected chi connectivity index (χ1v) is 11.5. The zero-order valence-corrected chi connectivity index (χ0v) is 20.7. The summed E-state index contributed by atoms with van der Waals surface area (Å²) >= 11 is 5.84. The molecular weight excluding hydrogens is 472 g/mol. The number of amides is 2. The van der Waals surface area contributed by atoms with Crippen molar-refractivity contribution in [1.82, 2.24) is 10.7 Å². The van der Waals surface area contributed by atoms with Crippen molar-refractivity contribution in [2.75, 3.05) is 19.8 Å². The fourth-order valence-electron chi connectivity index (χ4n) is 2.97. The van der Waals surface area contributed by atoms with Crippen LogP contribution in [-0.4, -0.2) is 43.9 Å². The Morgan fingerprint density at radius 3 is 2.51 bits per heavy atom. The summed E-state index contributed by atoms with van der Waals surface area (Å²) in [7, 11) is 0. The predicted molar refractivity (Wildman–Crippen MR) is 133 cm³/mol. The van der Waals surface area contributed by atoms with Crippen LogP contribution in [0.25, 0.3) is 0 Å². The zero-order chi connectivity index (χ0) is 25.6. The van der Waals surface area contributed by atoms with E-state index in [2.05, 4.69) is 15.8 Å². The molecule has 2 rings (SSSR count). The Bertz CT molecular complexity index is 1050. The van der Waals surface area contributed by atoms with Crippen molar-refractivity contribution >= 4 is 29.6 Å². The number of nitriles is 1. The zero-order valence-electron chi connectivity index (χ0n) is 19.9. The van der Waals surface area contributed by atoms with Gasteiger partial charge in [0, 0.05) is 5.02 Å². The molecule has 0 saturated carbocycles. The smallest absolute Gasteiger partial charge is 0.262 e. The van der Waals surface area contributed by atoms with Gasteiger partial charge in [0.05, 0.1) is 12.8 Å². The average molecular weight is 501 g/mol. The van der Waals surface area contributed by atoms with Gasteiger partial charge >= 0.3 is 0 Å². The second kappa shape index (κ2) is 14.5. The quantitative estimate of drug-likeness (QED) is 0.319. The van der Waals surface area contributed by atoms with Gasteiger partial charge in [0.1, 0.15) is 17.9 Å². The van der Waals surface area contributed by atoms with Crippen LogP contribution in [0.15, 0.2) is 47.6 Å². The Labute approximate surface area is 210 Å². The van der Waals surface area contributed by atoms with Gasteiger partial charge in [-0.15, -0.1) is 0 Å². The number of halogens is 1. The molecule has 2 N–H and O–H groups in total. The van der Waals surface area contributed by atoms with Gasteiger partial charge in [-0.3, -0.25) is 9.59 Å². The number of hydrogen-bond acceptors (Lipinski definition) is 7. The molecule has 0 aliphatic rings. The van der Waals surface area contributed by atoms with E-state index in [9.17, 15) is 9.59 Å². The lowest BCUT2D eigenvalue weighted by molar-refractivity contribution is -0.130. The number of carbonyl (C=O) groups is 2. The normalized spacial score (nSPS) is 11.5. The highest BCUT2D eigenvalue weighted by atomic mass is 35.5. The molecule has 2 amide bonds. The van der Waals surface area contributed by atoms with Crippen LogP contribution >= 0.6 is 11.6 Å². The molecule has 0 unspecified atom stereocenters. The van der Waals surface area contributed by atoms with Gasteiger partial charge in [0.25, 0.3) is 11.8 Å². The van der Waals surface area contributed by atoms with E-state index in [-0.39, 0.29) is 19.1 Å². The summed E-state index contributed by atoms with van der Waals surface area (Å²) in [6, 6.07) is 12.8. The summed E-state index contributed by atoms with van der Waals surface area (Å²) in [5, 5.41) is 16.0. The number of nitrogens with zero attached hydrogens (tertiary/aromatic N) is 2. The van der Waals surface area contributed by atoms with E-state index in [1.807, 2.05) is 26.8 Å². The Hall–Kier alpha value is -3.77. The van der Waals surface area contributed by atoms with Crippen LogP contribution in [0.5, 0.6) is 17.2 Å². The molecule has 35 heavy (non-hydrogen) atoms. The Kier molecular flexibility index (Phi) is 11.4. The second-order valence-corrected chi connectivity index (χ2v) is 8.25. The molecule has 10 heteroatoms. The highest BCUT2D eigenvalue weighted by Crippen LogP contribution is 2.28. The maximum Gasteiger partial charge on any atom is 0.262 e. The molecule has 186 valence electrons. The predicted octanol–water partition coefficient (Wildman–Crippen LogP) is 3.70. The van der Waals surface area contributed by atoms with Crippen LogP contribution in [-0.2, 0) is 9.59 Å². The van der Waals surface area contributed by atoms with E-state index in [0.717, 1.165) is 0 Å². The SMILES string of the molecule is CCOc1cc(/C=N\NC(=O)[C@H](CC(C)C)NC(=O)COc2ccc(Cl)cc2)ccc1OCC#N. The molecule has 0 bridgehead atoms. The number of nitrogens with one attached hydrogen (secondary N) is 2. The van der Waals surface area contributed by atoms with Crippen LogP contribution in [0, 0.1) is 17.2 Å². The highest BCUT2D eigenvalue weighted by Gasteiger charge is 2.22. The fraction of sp³-hybridized carbons (Fsp3) is 0.360. The van der Waals surface area contributed by atoms with Crippen LogP contribution in [0.4, 0.5) is 0 Å². The number of carbonyl (C=O) groups excluding carboxylic acids is 2. The number of benzene rings is 2. The summed E-state index contributed by atoms with van der Waals surface area (Å²) in [6.07, 6.45) is 1.87. The number of rotatable bonds is 13. The summed E-state index contributed by atoms with van der Waals surface area (Å²) in [6.45, 7) is 5.80. The maximum atomic E-state index is 12.7. The van der Waals surface area contributed by atoms with E-state index in [1.54, 1.807) is 42.5 Å². The molecule has 0 fully saturated rings. The van der Waals surface area contributed by atoms with E-state index in [4.69, 9.17) is 31.1 Å². The Morgan fingerprint density at radius 2 is 1.86 bits per heavy atom. The van der Waals surface area contributed by atoms with Crippen molar-refractivity contribution in [3.63, 3.8) is 0 Å². The van der Waals surface area contributed by atoms with E-state index in [1.165, 1.54) is 6.21 Å². The van der Waals surface area contributed by atoms with Gasteiger partial charge < -0.3 is 19.5 Å². The minimum Gasteiger partial charge on any atom is -0.490 e. The van der Waals surface area contributed by atoms with Crippen molar-refractivity contribution < 1.29 is 23.8 Å². The average Bonchev–Trinajstić information content (AvgIpc) is 2.82. The van der Waals surface area contributed by atoms with Crippen molar-refractivity contribution in [2.45, 2.75) is 33.2 Å². The molecule has 9 nitrogen and oxygen atoms in total. The number of ether oxygens (including phenoxy) is 3. The topological polar surface area (TPSA) is 122 Å². The lowest BCUT2D eigenvalue weighted by Crippen LogP contribution is -2.47. The van der Waals surface area contributed by atoms with E-state index >= 15 is 0 Å². The largest absolute Gasteiger partial charge is 0.490 e. The minimum absolute atomic E-state index is 0.0999. The standard InChI is InChI=1S/C25H29ClN4O5/c1-4-33-23-14-18(5-10-22(23)34-12-11-27)15-28-30-25(32)21(13-17(2)3)29-24(31)16-35-20-8-6-19(26)7-9-20/h5-10,14-15,17,21H,4,12-13,16H2,1-3H3,(H,29,31)(H,30,32)/b28-15-/t21-/m0/s1. The molecule has 2 aromatic carbocycles.